The van der Waals surface area contributed by atoms with Crippen LogP contribution in [0, 0.1) is 10.1 Å². The molecule has 2 rings (SSSR count). The number of rotatable bonds is 4. The number of benzene rings is 1. The van der Waals surface area contributed by atoms with E-state index in [9.17, 15) is 10.1 Å². The number of nitrogens with zero attached hydrogens (tertiary/aromatic N) is 3. The highest BCUT2D eigenvalue weighted by Gasteiger charge is 2.18. The lowest BCUT2D eigenvalue weighted by Crippen LogP contribution is -2.08. The Labute approximate surface area is 115 Å². The van der Waals surface area contributed by atoms with Crippen molar-refractivity contribution in [3.8, 4) is 11.6 Å². The van der Waals surface area contributed by atoms with Gasteiger partial charge in [0.05, 0.1) is 4.92 Å². The number of nitro groups is 1. The molecule has 0 aliphatic rings. The molecule has 7 heteroatoms. The molecule has 1 aromatic heterocycles. The molecule has 0 bridgehead atoms. The maximum absolute atomic E-state index is 10.9. The van der Waals surface area contributed by atoms with Gasteiger partial charge in [0.1, 0.15) is 11.6 Å². The van der Waals surface area contributed by atoms with Crippen LogP contribution in [0.2, 0.25) is 0 Å². The van der Waals surface area contributed by atoms with Crippen LogP contribution in [-0.2, 0) is 0 Å². The fraction of sp³-hybridized carbons (Fsp3) is 0.154. The lowest BCUT2D eigenvalue weighted by Gasteiger charge is -2.13. The van der Waals surface area contributed by atoms with Crippen molar-refractivity contribution < 1.29 is 9.66 Å². The highest BCUT2D eigenvalue weighted by Crippen LogP contribution is 2.31. The number of hydrogen-bond donors (Lipinski definition) is 1. The molecule has 2 N–H and O–H groups in total. The van der Waals surface area contributed by atoms with Crippen molar-refractivity contribution in [2.45, 2.75) is 0 Å². The molecule has 1 heterocycles. The normalized spacial score (nSPS) is 10.1. The largest absolute Gasteiger partial charge is 0.434 e. The molecule has 0 saturated heterocycles. The first-order valence-corrected chi connectivity index (χ1v) is 5.83. The predicted molar refractivity (Wildman–Crippen MR) is 76.1 cm³/mol. The second-order valence-electron chi connectivity index (χ2n) is 4.31. The zero-order chi connectivity index (χ0) is 14.7. The van der Waals surface area contributed by atoms with Gasteiger partial charge in [0, 0.05) is 31.9 Å². The number of nitrogens with two attached hydrogens (primary N) is 1. The molecule has 104 valence electrons. The molecular formula is C13H14N4O3. The topological polar surface area (TPSA) is 94.5 Å². The number of nitrogen functional groups attached to an aromatic ring is 1. The van der Waals surface area contributed by atoms with Gasteiger partial charge < -0.3 is 15.4 Å². The Bertz CT molecular complexity index is 643. The molecule has 0 unspecified atom stereocenters. The van der Waals surface area contributed by atoms with Crippen molar-refractivity contribution in [1.82, 2.24) is 4.98 Å². The monoisotopic (exact) mass is 274 g/mol. The summed E-state index contributed by atoms with van der Waals surface area (Å²) in [6, 6.07) is 9.78. The summed E-state index contributed by atoms with van der Waals surface area (Å²) in [5.41, 5.74) is 6.22. The maximum atomic E-state index is 10.9. The number of hydrogen-bond acceptors (Lipinski definition) is 6. The minimum Gasteiger partial charge on any atom is -0.434 e. The van der Waals surface area contributed by atoms with Crippen molar-refractivity contribution in [3.05, 3.63) is 46.5 Å². The molecular weight excluding hydrogens is 260 g/mol. The summed E-state index contributed by atoms with van der Waals surface area (Å²) >= 11 is 0. The Hall–Kier alpha value is -2.83. The summed E-state index contributed by atoms with van der Waals surface area (Å²) in [6.45, 7) is 0. The molecule has 0 aliphatic carbocycles. The van der Waals surface area contributed by atoms with Crippen LogP contribution in [0.1, 0.15) is 0 Å². The zero-order valence-corrected chi connectivity index (χ0v) is 11.1. The maximum Gasteiger partial charge on any atom is 0.331 e. The lowest BCUT2D eigenvalue weighted by molar-refractivity contribution is -0.386. The first kappa shape index (κ1) is 13.6. The minimum absolute atomic E-state index is 0.120. The zero-order valence-electron chi connectivity index (χ0n) is 11.1. The quantitative estimate of drug-likeness (QED) is 0.679. The van der Waals surface area contributed by atoms with Gasteiger partial charge in [-0.1, -0.05) is 6.07 Å². The van der Waals surface area contributed by atoms with E-state index < -0.39 is 4.92 Å². The Morgan fingerprint density at radius 1 is 1.30 bits per heavy atom. The van der Waals surface area contributed by atoms with Gasteiger partial charge in [-0.05, 0) is 18.2 Å². The average molecular weight is 274 g/mol. The molecule has 0 radical (unpaired) electrons. The minimum atomic E-state index is -0.558. The molecule has 0 amide bonds. The van der Waals surface area contributed by atoms with Crippen LogP contribution >= 0.6 is 0 Å². The summed E-state index contributed by atoms with van der Waals surface area (Å²) < 4.78 is 5.48. The first-order valence-electron chi connectivity index (χ1n) is 5.83. The smallest absolute Gasteiger partial charge is 0.331 e. The first-order chi connectivity index (χ1) is 9.47. The van der Waals surface area contributed by atoms with Gasteiger partial charge in [-0.15, -0.1) is 0 Å². The molecule has 7 nitrogen and oxygen atoms in total. The van der Waals surface area contributed by atoms with Gasteiger partial charge in [0.2, 0.25) is 0 Å². The Kier molecular flexibility index (Phi) is 3.69. The molecule has 2 aromatic rings. The summed E-state index contributed by atoms with van der Waals surface area (Å²) in [5, 5.41) is 10.9. The van der Waals surface area contributed by atoms with Gasteiger partial charge >= 0.3 is 11.6 Å². The summed E-state index contributed by atoms with van der Waals surface area (Å²) in [6.07, 6.45) is 0. The molecule has 0 aliphatic heterocycles. The molecule has 0 atom stereocenters. The summed E-state index contributed by atoms with van der Waals surface area (Å²) in [5.74, 6) is 0.498. The van der Waals surface area contributed by atoms with Crippen LogP contribution in [-0.4, -0.2) is 24.0 Å². The van der Waals surface area contributed by atoms with Crippen LogP contribution in [0.3, 0.4) is 0 Å². The van der Waals surface area contributed by atoms with E-state index in [1.165, 1.54) is 12.1 Å². The number of aromatic nitrogens is 1. The van der Waals surface area contributed by atoms with E-state index in [1.807, 2.05) is 25.1 Å². The van der Waals surface area contributed by atoms with Gasteiger partial charge in [-0.3, -0.25) is 10.1 Å². The van der Waals surface area contributed by atoms with Crippen molar-refractivity contribution in [3.63, 3.8) is 0 Å². The highest BCUT2D eigenvalue weighted by molar-refractivity contribution is 5.52. The van der Waals surface area contributed by atoms with Gasteiger partial charge in [-0.25, -0.2) is 0 Å². The third kappa shape index (κ3) is 2.94. The molecule has 20 heavy (non-hydrogen) atoms. The number of pyridine rings is 1. The van der Waals surface area contributed by atoms with Crippen LogP contribution in [0.25, 0.3) is 0 Å². The van der Waals surface area contributed by atoms with E-state index in [2.05, 4.69) is 4.98 Å². The summed E-state index contributed by atoms with van der Waals surface area (Å²) in [4.78, 5) is 16.1. The van der Waals surface area contributed by atoms with Crippen LogP contribution < -0.4 is 15.4 Å². The Morgan fingerprint density at radius 2 is 2.05 bits per heavy atom. The van der Waals surface area contributed by atoms with E-state index in [4.69, 9.17) is 10.5 Å². The second-order valence-corrected chi connectivity index (χ2v) is 4.31. The molecule has 0 fully saturated rings. The number of ether oxygens (including phenoxy) is 1. The lowest BCUT2D eigenvalue weighted by atomic mass is 10.3. The van der Waals surface area contributed by atoms with Crippen LogP contribution in [0.5, 0.6) is 11.6 Å². The van der Waals surface area contributed by atoms with E-state index in [1.54, 1.807) is 18.2 Å². The van der Waals surface area contributed by atoms with Crippen LogP contribution in [0.15, 0.2) is 36.4 Å². The fourth-order valence-corrected chi connectivity index (χ4v) is 1.60. The van der Waals surface area contributed by atoms with E-state index >= 15 is 0 Å². The van der Waals surface area contributed by atoms with Gasteiger partial charge in [0.15, 0.2) is 0 Å². The third-order valence-corrected chi connectivity index (χ3v) is 2.61. The highest BCUT2D eigenvalue weighted by atomic mass is 16.6. The fourth-order valence-electron chi connectivity index (χ4n) is 1.60. The van der Waals surface area contributed by atoms with Crippen molar-refractivity contribution >= 4 is 17.2 Å². The molecule has 0 saturated carbocycles. The van der Waals surface area contributed by atoms with Crippen molar-refractivity contribution in [1.29, 1.82) is 0 Å². The van der Waals surface area contributed by atoms with E-state index in [0.29, 0.717) is 5.75 Å². The van der Waals surface area contributed by atoms with Gasteiger partial charge in [0.25, 0.3) is 0 Å². The van der Waals surface area contributed by atoms with E-state index in [-0.39, 0.29) is 17.4 Å². The average Bonchev–Trinajstić information content (AvgIpc) is 2.38. The third-order valence-electron chi connectivity index (χ3n) is 2.61. The Balaban J connectivity index is 2.36. The molecule has 0 spiro atoms. The van der Waals surface area contributed by atoms with Crippen molar-refractivity contribution in [2.75, 3.05) is 24.7 Å². The van der Waals surface area contributed by atoms with E-state index in [0.717, 1.165) is 5.69 Å². The second kappa shape index (κ2) is 5.43. The number of anilines is 2. The standard InChI is InChI=1S/C13H14N4O3/c1-16(2)9-4-3-5-10(8-9)20-13-11(17(18)19)6-7-12(14)15-13/h3-8H,1-2H3,(H2,14,15). The summed E-state index contributed by atoms with van der Waals surface area (Å²) in [7, 11) is 3.78. The van der Waals surface area contributed by atoms with Crippen LogP contribution in [0.4, 0.5) is 17.2 Å². The Morgan fingerprint density at radius 3 is 2.70 bits per heavy atom. The van der Waals surface area contributed by atoms with Crippen molar-refractivity contribution in [2.24, 2.45) is 0 Å². The molecule has 1 aromatic carbocycles. The predicted octanol–water partition coefficient (Wildman–Crippen LogP) is 2.43. The SMILES string of the molecule is CN(C)c1cccc(Oc2nc(N)ccc2[N+](=O)[O-])c1. The van der Waals surface area contributed by atoms with Gasteiger partial charge in [-0.2, -0.15) is 4.98 Å².